The summed E-state index contributed by atoms with van der Waals surface area (Å²) in [6.07, 6.45) is 3.34. The molecule has 0 spiro atoms. The van der Waals surface area contributed by atoms with Crippen LogP contribution in [0.5, 0.6) is 0 Å². The molecule has 0 unspecified atom stereocenters. The predicted octanol–water partition coefficient (Wildman–Crippen LogP) is 0.772. The number of rotatable bonds is 3. The molecule has 1 fully saturated rings. The van der Waals surface area contributed by atoms with Crippen LogP contribution in [0.4, 0.5) is 0 Å². The maximum atomic E-state index is 5.85. The minimum Gasteiger partial charge on any atom is -0.233 e. The summed E-state index contributed by atoms with van der Waals surface area (Å²) in [4.78, 5) is 0. The summed E-state index contributed by atoms with van der Waals surface area (Å²) in [5, 5.41) is 11.3. The van der Waals surface area contributed by atoms with Crippen LogP contribution in [-0.4, -0.2) is 26.1 Å². The second-order valence-corrected chi connectivity index (χ2v) is 3.80. The van der Waals surface area contributed by atoms with E-state index < -0.39 is 0 Å². The highest BCUT2D eigenvalue weighted by Gasteiger charge is 2.42. The first-order valence-electron chi connectivity index (χ1n) is 4.03. The first kappa shape index (κ1) is 7.98. The second-order valence-electron chi connectivity index (χ2n) is 3.53. The van der Waals surface area contributed by atoms with E-state index in [1.165, 1.54) is 12.8 Å². The molecule has 1 aliphatic rings. The topological polar surface area (TPSA) is 43.6 Å². The van der Waals surface area contributed by atoms with Gasteiger partial charge in [-0.25, -0.2) is 4.68 Å². The Kier molecular flexibility index (Phi) is 1.79. The van der Waals surface area contributed by atoms with Crippen molar-refractivity contribution >= 4 is 11.6 Å². The molecule has 0 saturated heterocycles. The highest BCUT2D eigenvalue weighted by atomic mass is 35.5. The molecule has 66 valence electrons. The van der Waals surface area contributed by atoms with Crippen LogP contribution in [0, 0.1) is 5.41 Å². The van der Waals surface area contributed by atoms with Gasteiger partial charge in [0, 0.05) is 19.3 Å². The smallest absolute Gasteiger partial charge is 0.151 e. The lowest BCUT2D eigenvalue weighted by molar-refractivity contribution is 0.533. The molecule has 0 aliphatic heterocycles. The van der Waals surface area contributed by atoms with Gasteiger partial charge in [-0.15, -0.1) is 16.7 Å². The zero-order valence-corrected chi connectivity index (χ0v) is 7.75. The van der Waals surface area contributed by atoms with Gasteiger partial charge in [-0.1, -0.05) is 0 Å². The number of alkyl halides is 1. The molecule has 0 aromatic carbocycles. The minimum atomic E-state index is 0.310. The number of hydrogen-bond donors (Lipinski definition) is 0. The van der Waals surface area contributed by atoms with Crippen LogP contribution in [0.3, 0.4) is 0 Å². The third-order valence-corrected chi connectivity index (χ3v) is 3.05. The van der Waals surface area contributed by atoms with Crippen molar-refractivity contribution in [2.75, 3.05) is 5.88 Å². The molecule has 1 heterocycles. The van der Waals surface area contributed by atoms with Crippen molar-refractivity contribution in [3.8, 4) is 0 Å². The van der Waals surface area contributed by atoms with Gasteiger partial charge in [-0.05, 0) is 28.7 Å². The quantitative estimate of drug-likeness (QED) is 0.655. The molecule has 0 atom stereocenters. The summed E-state index contributed by atoms with van der Waals surface area (Å²) < 4.78 is 1.71. The van der Waals surface area contributed by atoms with Crippen LogP contribution >= 0.6 is 11.6 Å². The average molecular weight is 187 g/mol. The summed E-state index contributed by atoms with van der Waals surface area (Å²) in [6.45, 7) is 0. The van der Waals surface area contributed by atoms with E-state index in [2.05, 4.69) is 15.5 Å². The summed E-state index contributed by atoms with van der Waals surface area (Å²) >= 11 is 5.85. The molecule has 0 radical (unpaired) electrons. The fourth-order valence-corrected chi connectivity index (χ4v) is 1.63. The second kappa shape index (κ2) is 2.69. The van der Waals surface area contributed by atoms with Crippen LogP contribution in [0.1, 0.15) is 18.7 Å². The molecule has 12 heavy (non-hydrogen) atoms. The largest absolute Gasteiger partial charge is 0.233 e. The first-order chi connectivity index (χ1) is 5.76. The van der Waals surface area contributed by atoms with Crippen LogP contribution < -0.4 is 0 Å². The Hall–Kier alpha value is -0.640. The third-order valence-electron chi connectivity index (χ3n) is 2.48. The van der Waals surface area contributed by atoms with Crippen molar-refractivity contribution < 1.29 is 0 Å². The average Bonchev–Trinajstić information content (AvgIpc) is 2.74. The molecular formula is C7H11ClN4. The zero-order chi connectivity index (χ0) is 8.60. The van der Waals surface area contributed by atoms with Gasteiger partial charge in [0.15, 0.2) is 5.82 Å². The fraction of sp³-hybridized carbons (Fsp3) is 0.857. The van der Waals surface area contributed by atoms with Gasteiger partial charge >= 0.3 is 0 Å². The molecule has 4 nitrogen and oxygen atoms in total. The Morgan fingerprint density at radius 3 is 2.75 bits per heavy atom. The minimum absolute atomic E-state index is 0.310. The Morgan fingerprint density at radius 1 is 1.58 bits per heavy atom. The molecule has 5 heteroatoms. The Balaban J connectivity index is 2.08. The van der Waals surface area contributed by atoms with Gasteiger partial charge in [0.25, 0.3) is 0 Å². The Bertz CT molecular complexity index is 279. The van der Waals surface area contributed by atoms with E-state index in [1.807, 2.05) is 7.05 Å². The van der Waals surface area contributed by atoms with Crippen LogP contribution in [-0.2, 0) is 13.5 Å². The van der Waals surface area contributed by atoms with Crippen LogP contribution in [0.2, 0.25) is 0 Å². The van der Waals surface area contributed by atoms with Crippen molar-refractivity contribution in [1.29, 1.82) is 0 Å². The number of tetrazole rings is 1. The van der Waals surface area contributed by atoms with Gasteiger partial charge < -0.3 is 0 Å². The predicted molar refractivity (Wildman–Crippen MR) is 44.9 cm³/mol. The molecular weight excluding hydrogens is 176 g/mol. The molecule has 1 saturated carbocycles. The number of hydrogen-bond acceptors (Lipinski definition) is 3. The summed E-state index contributed by atoms with van der Waals surface area (Å²) in [6, 6.07) is 0. The Labute approximate surface area is 75.9 Å². The van der Waals surface area contributed by atoms with E-state index >= 15 is 0 Å². The first-order valence-corrected chi connectivity index (χ1v) is 4.56. The van der Waals surface area contributed by atoms with Crippen molar-refractivity contribution in [2.24, 2.45) is 12.5 Å². The van der Waals surface area contributed by atoms with Gasteiger partial charge in [0.1, 0.15) is 0 Å². The molecule has 2 rings (SSSR count). The highest BCUT2D eigenvalue weighted by molar-refractivity contribution is 6.18. The molecule has 1 aromatic heterocycles. The van der Waals surface area contributed by atoms with Crippen LogP contribution in [0.25, 0.3) is 0 Å². The summed E-state index contributed by atoms with van der Waals surface area (Å²) in [5.74, 6) is 1.66. The maximum absolute atomic E-state index is 5.85. The number of aryl methyl sites for hydroxylation is 1. The van der Waals surface area contributed by atoms with E-state index in [4.69, 9.17) is 11.6 Å². The van der Waals surface area contributed by atoms with Crippen molar-refractivity contribution in [3.63, 3.8) is 0 Å². The highest BCUT2D eigenvalue weighted by Crippen LogP contribution is 2.48. The molecule has 0 amide bonds. The third kappa shape index (κ3) is 1.31. The molecule has 1 aliphatic carbocycles. The maximum Gasteiger partial charge on any atom is 0.151 e. The van der Waals surface area contributed by atoms with E-state index in [0.29, 0.717) is 5.41 Å². The normalized spacial score (nSPS) is 19.5. The SMILES string of the molecule is Cn1nnnc1CC1(CCl)CC1. The summed E-state index contributed by atoms with van der Waals surface area (Å²) in [5.41, 5.74) is 0.310. The van der Waals surface area contributed by atoms with Gasteiger partial charge in [0.2, 0.25) is 0 Å². The van der Waals surface area contributed by atoms with Gasteiger partial charge in [-0.3, -0.25) is 0 Å². The van der Waals surface area contributed by atoms with Gasteiger partial charge in [0.05, 0.1) is 0 Å². The van der Waals surface area contributed by atoms with E-state index in [-0.39, 0.29) is 0 Å². The molecule has 0 bridgehead atoms. The van der Waals surface area contributed by atoms with Crippen molar-refractivity contribution in [1.82, 2.24) is 20.2 Å². The van der Waals surface area contributed by atoms with Gasteiger partial charge in [-0.2, -0.15) is 0 Å². The van der Waals surface area contributed by atoms with Crippen LogP contribution in [0.15, 0.2) is 0 Å². The lowest BCUT2D eigenvalue weighted by Gasteiger charge is -2.07. The lowest BCUT2D eigenvalue weighted by atomic mass is 10.1. The fourth-order valence-electron chi connectivity index (χ4n) is 1.27. The summed E-state index contributed by atoms with van der Waals surface area (Å²) in [7, 11) is 1.86. The number of aromatic nitrogens is 4. The number of nitrogens with zero attached hydrogens (tertiary/aromatic N) is 4. The monoisotopic (exact) mass is 186 g/mol. The number of halogens is 1. The lowest BCUT2D eigenvalue weighted by Crippen LogP contribution is -2.11. The van der Waals surface area contributed by atoms with E-state index in [1.54, 1.807) is 4.68 Å². The van der Waals surface area contributed by atoms with Crippen molar-refractivity contribution in [2.45, 2.75) is 19.3 Å². The van der Waals surface area contributed by atoms with E-state index in [9.17, 15) is 0 Å². The van der Waals surface area contributed by atoms with E-state index in [0.717, 1.165) is 18.1 Å². The standard InChI is InChI=1S/C7H11ClN4/c1-12-6(9-10-11-12)4-7(5-8)2-3-7/h2-5H2,1H3. The Morgan fingerprint density at radius 2 is 2.33 bits per heavy atom. The molecule has 1 aromatic rings. The zero-order valence-electron chi connectivity index (χ0n) is 7.00. The van der Waals surface area contributed by atoms with Crippen molar-refractivity contribution in [3.05, 3.63) is 5.82 Å². The molecule has 0 N–H and O–H groups in total.